The summed E-state index contributed by atoms with van der Waals surface area (Å²) in [7, 11) is 0. The third kappa shape index (κ3) is 4.19. The number of hydrogen-bond acceptors (Lipinski definition) is 2. The van der Waals surface area contributed by atoms with E-state index in [1.807, 2.05) is 11.5 Å². The minimum atomic E-state index is 0.207. The summed E-state index contributed by atoms with van der Waals surface area (Å²) >= 11 is 0. The minimum Gasteiger partial charge on any atom is -0.313 e. The molecule has 3 heteroatoms. The summed E-state index contributed by atoms with van der Waals surface area (Å²) in [5.41, 5.74) is 3.38. The summed E-state index contributed by atoms with van der Waals surface area (Å²) in [4.78, 5) is 12.8. The standard InChI is InChI=1S/C18H30N2O/c1-13(2)9-10-20-15(4)11-14(3)17(18(20)21)12-19-16-7-5-6-8-16/h11,13,16,19H,5-10,12H2,1-4H3. The third-order valence-electron chi connectivity index (χ3n) is 4.68. The molecule has 0 bridgehead atoms. The average Bonchev–Trinajstić information content (AvgIpc) is 2.90. The van der Waals surface area contributed by atoms with E-state index in [-0.39, 0.29) is 5.56 Å². The molecule has 1 aliphatic rings. The van der Waals surface area contributed by atoms with E-state index in [2.05, 4.69) is 32.2 Å². The first-order valence-electron chi connectivity index (χ1n) is 8.42. The van der Waals surface area contributed by atoms with Crippen LogP contribution >= 0.6 is 0 Å². The van der Waals surface area contributed by atoms with E-state index in [0.29, 0.717) is 12.0 Å². The monoisotopic (exact) mass is 290 g/mol. The normalized spacial score (nSPS) is 16.0. The molecule has 0 atom stereocenters. The van der Waals surface area contributed by atoms with Crippen LogP contribution in [0.15, 0.2) is 10.9 Å². The summed E-state index contributed by atoms with van der Waals surface area (Å²) in [5.74, 6) is 0.623. The van der Waals surface area contributed by atoms with Crippen LogP contribution in [-0.2, 0) is 13.1 Å². The number of aromatic nitrogens is 1. The van der Waals surface area contributed by atoms with Crippen molar-refractivity contribution in [1.82, 2.24) is 9.88 Å². The maximum Gasteiger partial charge on any atom is 0.255 e. The highest BCUT2D eigenvalue weighted by Crippen LogP contribution is 2.18. The molecule has 0 aromatic carbocycles. The predicted octanol–water partition coefficient (Wildman–Crippen LogP) is 3.54. The second-order valence-corrected chi connectivity index (χ2v) is 6.95. The fourth-order valence-corrected chi connectivity index (χ4v) is 3.23. The smallest absolute Gasteiger partial charge is 0.255 e. The number of nitrogens with one attached hydrogen (secondary N) is 1. The molecule has 0 unspecified atom stereocenters. The molecule has 1 fully saturated rings. The Labute approximate surface area is 128 Å². The van der Waals surface area contributed by atoms with Gasteiger partial charge in [0.15, 0.2) is 0 Å². The molecule has 1 N–H and O–H groups in total. The van der Waals surface area contributed by atoms with Gasteiger partial charge in [0, 0.05) is 30.4 Å². The first-order chi connectivity index (χ1) is 9.99. The molecule has 0 aliphatic heterocycles. The van der Waals surface area contributed by atoms with Gasteiger partial charge in [-0.3, -0.25) is 4.79 Å². The number of pyridine rings is 1. The van der Waals surface area contributed by atoms with Gasteiger partial charge >= 0.3 is 0 Å². The highest BCUT2D eigenvalue weighted by Gasteiger charge is 2.16. The molecule has 118 valence electrons. The SMILES string of the molecule is Cc1cc(C)n(CCC(C)C)c(=O)c1CNC1CCCC1. The second-order valence-electron chi connectivity index (χ2n) is 6.95. The van der Waals surface area contributed by atoms with Crippen LogP contribution in [0.25, 0.3) is 0 Å². The molecule has 0 saturated heterocycles. The number of nitrogens with zero attached hydrogens (tertiary/aromatic N) is 1. The number of rotatable bonds is 6. The molecule has 21 heavy (non-hydrogen) atoms. The lowest BCUT2D eigenvalue weighted by molar-refractivity contribution is 0.490. The first kappa shape index (κ1) is 16.3. The average molecular weight is 290 g/mol. The molecule has 1 saturated carbocycles. The molecule has 3 nitrogen and oxygen atoms in total. The minimum absolute atomic E-state index is 0.207. The Morgan fingerprint density at radius 2 is 1.95 bits per heavy atom. The molecule has 1 aromatic rings. The Morgan fingerprint density at radius 1 is 1.29 bits per heavy atom. The van der Waals surface area contributed by atoms with Crippen molar-refractivity contribution in [3.63, 3.8) is 0 Å². The quantitative estimate of drug-likeness (QED) is 0.869. The largest absolute Gasteiger partial charge is 0.313 e. The fraction of sp³-hybridized carbons (Fsp3) is 0.722. The van der Waals surface area contributed by atoms with Gasteiger partial charge in [-0.2, -0.15) is 0 Å². The van der Waals surface area contributed by atoms with Crippen LogP contribution in [0.2, 0.25) is 0 Å². The van der Waals surface area contributed by atoms with Gasteiger partial charge in [0.1, 0.15) is 0 Å². The van der Waals surface area contributed by atoms with E-state index in [1.165, 1.54) is 25.7 Å². The number of aryl methyl sites for hydroxylation is 2. The maximum absolute atomic E-state index is 12.8. The molecule has 0 amide bonds. The van der Waals surface area contributed by atoms with Crippen LogP contribution in [0.3, 0.4) is 0 Å². The van der Waals surface area contributed by atoms with Gasteiger partial charge in [-0.1, -0.05) is 26.7 Å². The van der Waals surface area contributed by atoms with Crippen molar-refractivity contribution in [1.29, 1.82) is 0 Å². The van der Waals surface area contributed by atoms with Gasteiger partial charge < -0.3 is 9.88 Å². The predicted molar refractivity (Wildman–Crippen MR) is 88.7 cm³/mol. The van der Waals surface area contributed by atoms with Gasteiger partial charge in [0.2, 0.25) is 0 Å². The Kier molecular flexibility index (Phi) is 5.63. The topological polar surface area (TPSA) is 34.0 Å². The van der Waals surface area contributed by atoms with Crippen molar-refractivity contribution >= 4 is 0 Å². The molecule has 2 rings (SSSR count). The maximum atomic E-state index is 12.8. The van der Waals surface area contributed by atoms with Gasteiger partial charge in [-0.05, 0) is 50.7 Å². The van der Waals surface area contributed by atoms with Crippen LogP contribution in [0.5, 0.6) is 0 Å². The first-order valence-corrected chi connectivity index (χ1v) is 8.42. The molecule has 0 radical (unpaired) electrons. The van der Waals surface area contributed by atoms with Crippen molar-refractivity contribution < 1.29 is 0 Å². The molecular weight excluding hydrogens is 260 g/mol. The van der Waals surface area contributed by atoms with Crippen LogP contribution in [-0.4, -0.2) is 10.6 Å². The molecule has 1 aromatic heterocycles. The summed E-state index contributed by atoms with van der Waals surface area (Å²) in [6, 6.07) is 2.77. The van der Waals surface area contributed by atoms with Crippen LogP contribution in [0.4, 0.5) is 0 Å². The van der Waals surface area contributed by atoms with E-state index in [9.17, 15) is 4.79 Å². The molecule has 1 aliphatic carbocycles. The molecule has 1 heterocycles. The van der Waals surface area contributed by atoms with Crippen molar-refractivity contribution in [2.24, 2.45) is 5.92 Å². The van der Waals surface area contributed by atoms with Crippen molar-refractivity contribution in [3.8, 4) is 0 Å². The van der Waals surface area contributed by atoms with Gasteiger partial charge in [0.25, 0.3) is 5.56 Å². The summed E-state index contributed by atoms with van der Waals surface area (Å²) in [5, 5.41) is 3.58. The molecular formula is C18H30N2O. The van der Waals surface area contributed by atoms with E-state index in [0.717, 1.165) is 36.3 Å². The van der Waals surface area contributed by atoms with Gasteiger partial charge in [0.05, 0.1) is 0 Å². The fourth-order valence-electron chi connectivity index (χ4n) is 3.23. The Balaban J connectivity index is 2.15. The van der Waals surface area contributed by atoms with Crippen LogP contribution < -0.4 is 10.9 Å². The summed E-state index contributed by atoms with van der Waals surface area (Å²) in [6.45, 7) is 10.1. The Bertz CT molecular complexity index is 525. The van der Waals surface area contributed by atoms with E-state index in [4.69, 9.17) is 0 Å². The van der Waals surface area contributed by atoms with Gasteiger partial charge in [-0.15, -0.1) is 0 Å². The van der Waals surface area contributed by atoms with Crippen molar-refractivity contribution in [2.75, 3.05) is 0 Å². The van der Waals surface area contributed by atoms with E-state index >= 15 is 0 Å². The zero-order valence-corrected chi connectivity index (χ0v) is 14.0. The summed E-state index contributed by atoms with van der Waals surface area (Å²) < 4.78 is 1.96. The lowest BCUT2D eigenvalue weighted by Gasteiger charge is -2.17. The van der Waals surface area contributed by atoms with Crippen molar-refractivity contribution in [3.05, 3.63) is 33.2 Å². The van der Waals surface area contributed by atoms with E-state index < -0.39 is 0 Å². The van der Waals surface area contributed by atoms with Crippen molar-refractivity contribution in [2.45, 2.75) is 78.9 Å². The van der Waals surface area contributed by atoms with Crippen LogP contribution in [0.1, 0.15) is 62.8 Å². The zero-order valence-electron chi connectivity index (χ0n) is 14.0. The molecule has 0 spiro atoms. The number of hydrogen-bond donors (Lipinski definition) is 1. The van der Waals surface area contributed by atoms with Crippen LogP contribution in [0, 0.1) is 19.8 Å². The second kappa shape index (κ2) is 7.26. The third-order valence-corrected chi connectivity index (χ3v) is 4.68. The Hall–Kier alpha value is -1.09. The highest BCUT2D eigenvalue weighted by atomic mass is 16.1. The summed E-state index contributed by atoms with van der Waals surface area (Å²) in [6.07, 6.45) is 6.21. The van der Waals surface area contributed by atoms with E-state index in [1.54, 1.807) is 0 Å². The Morgan fingerprint density at radius 3 is 2.57 bits per heavy atom. The lowest BCUT2D eigenvalue weighted by Crippen LogP contribution is -2.33. The highest BCUT2D eigenvalue weighted by molar-refractivity contribution is 5.26. The van der Waals surface area contributed by atoms with Gasteiger partial charge in [-0.25, -0.2) is 0 Å². The zero-order chi connectivity index (χ0) is 15.4. The lowest BCUT2D eigenvalue weighted by atomic mass is 10.1.